The summed E-state index contributed by atoms with van der Waals surface area (Å²) in [6, 6.07) is 11.2. The van der Waals surface area contributed by atoms with Crippen LogP contribution in [0.2, 0.25) is 0 Å². The van der Waals surface area contributed by atoms with Gasteiger partial charge in [-0.2, -0.15) is 13.2 Å². The Morgan fingerprint density at radius 1 is 0.885 bits per heavy atom. The van der Waals surface area contributed by atoms with Gasteiger partial charge in [-0.15, -0.1) is 0 Å². The van der Waals surface area contributed by atoms with E-state index in [4.69, 9.17) is 4.74 Å². The summed E-state index contributed by atoms with van der Waals surface area (Å²) >= 11 is 0. The number of alkyl halides is 3. The van der Waals surface area contributed by atoms with Crippen LogP contribution in [0.5, 0.6) is 5.75 Å². The first kappa shape index (κ1) is 20.0. The fraction of sp³-hybridized carbons (Fsp3) is 0.381. The Balaban J connectivity index is 1.87. The molecule has 0 fully saturated rings. The van der Waals surface area contributed by atoms with Crippen molar-refractivity contribution in [3.8, 4) is 5.75 Å². The van der Waals surface area contributed by atoms with Gasteiger partial charge in [-0.3, -0.25) is 0 Å². The van der Waals surface area contributed by atoms with Crippen LogP contribution in [-0.4, -0.2) is 5.97 Å². The van der Waals surface area contributed by atoms with Gasteiger partial charge in [-0.05, 0) is 54.8 Å². The first-order valence-corrected chi connectivity index (χ1v) is 8.88. The van der Waals surface area contributed by atoms with E-state index in [0.717, 1.165) is 37.1 Å². The summed E-state index contributed by atoms with van der Waals surface area (Å²) in [7, 11) is 0. The third-order valence-electron chi connectivity index (χ3n) is 4.15. The highest BCUT2D eigenvalue weighted by atomic mass is 19.4. The number of ether oxygens (including phenoxy) is 1. The quantitative estimate of drug-likeness (QED) is 0.306. The maximum atomic E-state index is 12.5. The summed E-state index contributed by atoms with van der Waals surface area (Å²) in [5.41, 5.74) is 0.464. The maximum Gasteiger partial charge on any atom is 0.416 e. The van der Waals surface area contributed by atoms with Crippen LogP contribution in [0.25, 0.3) is 0 Å². The standard InChI is InChI=1S/C21H23F3O2/c1-2-3-4-5-6-7-16-8-14-19(15-9-16)26-20(25)17-10-12-18(13-11-17)21(22,23)24/h8-15H,2-7H2,1H3. The predicted molar refractivity (Wildman–Crippen MR) is 95.3 cm³/mol. The molecule has 0 N–H and O–H groups in total. The van der Waals surface area contributed by atoms with E-state index >= 15 is 0 Å². The number of benzene rings is 2. The molecule has 2 nitrogen and oxygen atoms in total. The zero-order valence-electron chi connectivity index (χ0n) is 14.8. The molecular weight excluding hydrogens is 341 g/mol. The zero-order chi connectivity index (χ0) is 19.0. The third-order valence-corrected chi connectivity index (χ3v) is 4.15. The van der Waals surface area contributed by atoms with Crippen LogP contribution in [0, 0.1) is 0 Å². The van der Waals surface area contributed by atoms with Crippen LogP contribution >= 0.6 is 0 Å². The molecule has 2 aromatic carbocycles. The molecular formula is C21H23F3O2. The lowest BCUT2D eigenvalue weighted by atomic mass is 10.1. The molecule has 0 spiro atoms. The number of hydrogen-bond donors (Lipinski definition) is 0. The van der Waals surface area contributed by atoms with Gasteiger partial charge in [0.2, 0.25) is 0 Å². The maximum absolute atomic E-state index is 12.5. The number of aryl methyl sites for hydroxylation is 1. The van der Waals surface area contributed by atoms with Crippen molar-refractivity contribution < 1.29 is 22.7 Å². The molecule has 0 saturated heterocycles. The Bertz CT molecular complexity index is 689. The minimum absolute atomic E-state index is 0.0815. The molecule has 0 saturated carbocycles. The average Bonchev–Trinajstić information content (AvgIpc) is 2.62. The highest BCUT2D eigenvalue weighted by Crippen LogP contribution is 2.29. The number of unbranched alkanes of at least 4 members (excludes halogenated alkanes) is 4. The van der Waals surface area contributed by atoms with Crippen LogP contribution < -0.4 is 4.74 Å². The van der Waals surface area contributed by atoms with Crippen LogP contribution in [0.3, 0.4) is 0 Å². The summed E-state index contributed by atoms with van der Waals surface area (Å²) in [4.78, 5) is 12.0. The fourth-order valence-corrected chi connectivity index (χ4v) is 2.62. The molecule has 5 heteroatoms. The monoisotopic (exact) mass is 364 g/mol. The molecule has 26 heavy (non-hydrogen) atoms. The van der Waals surface area contributed by atoms with Gasteiger partial charge < -0.3 is 4.74 Å². The van der Waals surface area contributed by atoms with Crippen molar-refractivity contribution in [2.45, 2.75) is 51.6 Å². The molecule has 0 bridgehead atoms. The Morgan fingerprint density at radius 2 is 1.50 bits per heavy atom. The van der Waals surface area contributed by atoms with Gasteiger partial charge in [0.25, 0.3) is 0 Å². The number of esters is 1. The topological polar surface area (TPSA) is 26.3 Å². The number of hydrogen-bond acceptors (Lipinski definition) is 2. The zero-order valence-corrected chi connectivity index (χ0v) is 14.8. The fourth-order valence-electron chi connectivity index (χ4n) is 2.62. The molecule has 2 aromatic rings. The summed E-state index contributed by atoms with van der Waals surface area (Å²) in [6.07, 6.45) is 2.63. The van der Waals surface area contributed by atoms with Gasteiger partial charge in [-0.1, -0.05) is 44.7 Å². The minimum atomic E-state index is -4.42. The molecule has 0 unspecified atom stereocenters. The number of carbonyl (C=O) groups excluding carboxylic acids is 1. The Morgan fingerprint density at radius 3 is 2.08 bits per heavy atom. The van der Waals surface area contributed by atoms with Gasteiger partial charge in [0.05, 0.1) is 11.1 Å². The van der Waals surface area contributed by atoms with E-state index in [9.17, 15) is 18.0 Å². The van der Waals surface area contributed by atoms with Crippen LogP contribution in [0.1, 0.15) is 60.5 Å². The van der Waals surface area contributed by atoms with E-state index in [-0.39, 0.29) is 5.56 Å². The largest absolute Gasteiger partial charge is 0.423 e. The Kier molecular flexibility index (Phi) is 7.25. The van der Waals surface area contributed by atoms with Crippen LogP contribution in [-0.2, 0) is 12.6 Å². The first-order valence-electron chi connectivity index (χ1n) is 8.88. The summed E-state index contributed by atoms with van der Waals surface area (Å²) in [5, 5.41) is 0. The molecule has 0 radical (unpaired) electrons. The number of halogens is 3. The smallest absolute Gasteiger partial charge is 0.416 e. The van der Waals surface area contributed by atoms with E-state index in [2.05, 4.69) is 6.92 Å². The van der Waals surface area contributed by atoms with Crippen molar-refractivity contribution in [2.75, 3.05) is 0 Å². The normalized spacial score (nSPS) is 11.4. The average molecular weight is 364 g/mol. The van der Waals surface area contributed by atoms with E-state index in [1.807, 2.05) is 12.1 Å². The lowest BCUT2D eigenvalue weighted by Gasteiger charge is -2.08. The molecule has 0 aliphatic carbocycles. The molecule has 0 heterocycles. The van der Waals surface area contributed by atoms with Gasteiger partial charge >= 0.3 is 12.1 Å². The van der Waals surface area contributed by atoms with Gasteiger partial charge in [0.1, 0.15) is 5.75 Å². The Labute approximate surface area is 152 Å². The highest BCUT2D eigenvalue weighted by molar-refractivity contribution is 5.91. The highest BCUT2D eigenvalue weighted by Gasteiger charge is 2.30. The van der Waals surface area contributed by atoms with Crippen molar-refractivity contribution in [3.63, 3.8) is 0 Å². The van der Waals surface area contributed by atoms with E-state index < -0.39 is 17.7 Å². The van der Waals surface area contributed by atoms with E-state index in [1.54, 1.807) is 12.1 Å². The minimum Gasteiger partial charge on any atom is -0.423 e. The van der Waals surface area contributed by atoms with Crippen LogP contribution in [0.15, 0.2) is 48.5 Å². The van der Waals surface area contributed by atoms with Gasteiger partial charge in [0.15, 0.2) is 0 Å². The first-order chi connectivity index (χ1) is 12.4. The molecule has 0 amide bonds. The molecule has 2 rings (SSSR count). The molecule has 0 aromatic heterocycles. The van der Waals surface area contributed by atoms with E-state index in [0.29, 0.717) is 5.75 Å². The van der Waals surface area contributed by atoms with Crippen LogP contribution in [0.4, 0.5) is 13.2 Å². The Hall–Kier alpha value is -2.30. The van der Waals surface area contributed by atoms with Gasteiger partial charge in [-0.25, -0.2) is 4.79 Å². The second-order valence-electron chi connectivity index (χ2n) is 6.27. The summed E-state index contributed by atoms with van der Waals surface area (Å²) in [5.74, 6) is -0.296. The van der Waals surface area contributed by atoms with Crippen molar-refractivity contribution in [2.24, 2.45) is 0 Å². The predicted octanol–water partition coefficient (Wildman–Crippen LogP) is 6.44. The molecule has 0 atom stereocenters. The lowest BCUT2D eigenvalue weighted by Crippen LogP contribution is -2.10. The second kappa shape index (κ2) is 9.41. The SMILES string of the molecule is CCCCCCCc1ccc(OC(=O)c2ccc(C(F)(F)F)cc2)cc1. The second-order valence-corrected chi connectivity index (χ2v) is 6.27. The summed E-state index contributed by atoms with van der Waals surface area (Å²) < 4.78 is 42.8. The molecule has 0 aliphatic heterocycles. The molecule has 0 aliphatic rings. The third kappa shape index (κ3) is 6.21. The van der Waals surface area contributed by atoms with Crippen molar-refractivity contribution >= 4 is 5.97 Å². The van der Waals surface area contributed by atoms with Crippen molar-refractivity contribution in [1.29, 1.82) is 0 Å². The van der Waals surface area contributed by atoms with E-state index in [1.165, 1.54) is 31.2 Å². The lowest BCUT2D eigenvalue weighted by molar-refractivity contribution is -0.137. The number of carbonyl (C=O) groups is 1. The van der Waals surface area contributed by atoms with Crippen molar-refractivity contribution in [1.82, 2.24) is 0 Å². The summed E-state index contributed by atoms with van der Waals surface area (Å²) in [6.45, 7) is 2.19. The number of rotatable bonds is 8. The van der Waals surface area contributed by atoms with Gasteiger partial charge in [0, 0.05) is 0 Å². The molecule has 140 valence electrons. The van der Waals surface area contributed by atoms with Crippen molar-refractivity contribution in [3.05, 3.63) is 65.2 Å².